The summed E-state index contributed by atoms with van der Waals surface area (Å²) in [5.41, 5.74) is 7.69. The normalized spacial score (nSPS) is 19.6. The van der Waals surface area contributed by atoms with Crippen LogP contribution in [0.4, 0.5) is 5.69 Å². The summed E-state index contributed by atoms with van der Waals surface area (Å²) in [7, 11) is 0. The first-order valence-corrected chi connectivity index (χ1v) is 5.84. The van der Waals surface area contributed by atoms with Crippen molar-refractivity contribution in [1.29, 1.82) is 0 Å². The molecule has 1 fully saturated rings. The quantitative estimate of drug-likeness (QED) is 0.798. The van der Waals surface area contributed by atoms with Gasteiger partial charge in [0.15, 0.2) is 0 Å². The number of hydrogen-bond donors (Lipinski definition) is 1. The highest BCUT2D eigenvalue weighted by atomic mass is 16.5. The van der Waals surface area contributed by atoms with Crippen LogP contribution in [0, 0.1) is 0 Å². The Hall–Kier alpha value is -1.06. The van der Waals surface area contributed by atoms with Crippen molar-refractivity contribution in [2.45, 2.75) is 32.0 Å². The van der Waals surface area contributed by atoms with E-state index in [1.165, 1.54) is 0 Å². The standard InChI is InChI=1S/C13H19NO2/c1-10(11-3-2-4-12(14)9-11)16-13-5-7-15-8-6-13/h2-4,9-10,13H,5-8,14H2,1H3. The van der Waals surface area contributed by atoms with E-state index in [0.717, 1.165) is 37.3 Å². The Morgan fingerprint density at radius 3 is 2.81 bits per heavy atom. The predicted octanol–water partition coefficient (Wildman–Crippen LogP) is 2.53. The van der Waals surface area contributed by atoms with Crippen LogP contribution in [-0.4, -0.2) is 19.3 Å². The van der Waals surface area contributed by atoms with Gasteiger partial charge in [-0.25, -0.2) is 0 Å². The van der Waals surface area contributed by atoms with Crippen molar-refractivity contribution in [2.75, 3.05) is 18.9 Å². The van der Waals surface area contributed by atoms with E-state index in [9.17, 15) is 0 Å². The minimum Gasteiger partial charge on any atom is -0.399 e. The Morgan fingerprint density at radius 2 is 2.12 bits per heavy atom. The Bertz CT molecular complexity index is 334. The molecule has 1 unspecified atom stereocenters. The molecule has 1 aliphatic rings. The summed E-state index contributed by atoms with van der Waals surface area (Å²) in [6.07, 6.45) is 2.41. The third-order valence-electron chi connectivity index (χ3n) is 2.95. The summed E-state index contributed by atoms with van der Waals surface area (Å²) in [6, 6.07) is 7.89. The molecular weight excluding hydrogens is 202 g/mol. The average molecular weight is 221 g/mol. The van der Waals surface area contributed by atoms with Crippen LogP contribution in [0.25, 0.3) is 0 Å². The molecule has 0 spiro atoms. The molecule has 2 rings (SSSR count). The first-order valence-electron chi connectivity index (χ1n) is 5.84. The molecule has 2 N–H and O–H groups in total. The van der Waals surface area contributed by atoms with E-state index in [1.54, 1.807) is 0 Å². The summed E-state index contributed by atoms with van der Waals surface area (Å²) in [4.78, 5) is 0. The number of nitrogens with two attached hydrogens (primary N) is 1. The third-order valence-corrected chi connectivity index (χ3v) is 2.95. The largest absolute Gasteiger partial charge is 0.399 e. The Labute approximate surface area is 96.5 Å². The first kappa shape index (κ1) is 11.4. The topological polar surface area (TPSA) is 44.5 Å². The monoisotopic (exact) mass is 221 g/mol. The van der Waals surface area contributed by atoms with Gasteiger partial charge in [0.05, 0.1) is 12.2 Å². The molecule has 0 radical (unpaired) electrons. The van der Waals surface area contributed by atoms with Crippen LogP contribution >= 0.6 is 0 Å². The summed E-state index contributed by atoms with van der Waals surface area (Å²) >= 11 is 0. The summed E-state index contributed by atoms with van der Waals surface area (Å²) < 4.78 is 11.3. The molecule has 3 heteroatoms. The molecule has 16 heavy (non-hydrogen) atoms. The summed E-state index contributed by atoms with van der Waals surface area (Å²) in [5.74, 6) is 0. The number of nitrogen functional groups attached to an aromatic ring is 1. The van der Waals surface area contributed by atoms with E-state index in [1.807, 2.05) is 18.2 Å². The zero-order chi connectivity index (χ0) is 11.4. The second-order valence-electron chi connectivity index (χ2n) is 4.26. The molecule has 0 aromatic heterocycles. The van der Waals surface area contributed by atoms with Gasteiger partial charge in [-0.3, -0.25) is 0 Å². The van der Waals surface area contributed by atoms with Crippen LogP contribution in [-0.2, 0) is 9.47 Å². The molecular formula is C13H19NO2. The van der Waals surface area contributed by atoms with E-state index in [4.69, 9.17) is 15.2 Å². The maximum Gasteiger partial charge on any atom is 0.0801 e. The van der Waals surface area contributed by atoms with Gasteiger partial charge in [-0.05, 0) is 37.5 Å². The lowest BCUT2D eigenvalue weighted by Crippen LogP contribution is -2.24. The maximum absolute atomic E-state index is 6.00. The number of rotatable bonds is 3. The van der Waals surface area contributed by atoms with Gasteiger partial charge >= 0.3 is 0 Å². The van der Waals surface area contributed by atoms with E-state index < -0.39 is 0 Å². The smallest absolute Gasteiger partial charge is 0.0801 e. The zero-order valence-electron chi connectivity index (χ0n) is 9.69. The number of benzene rings is 1. The lowest BCUT2D eigenvalue weighted by atomic mass is 10.1. The zero-order valence-corrected chi connectivity index (χ0v) is 9.69. The van der Waals surface area contributed by atoms with Crippen LogP contribution in [0.1, 0.15) is 31.4 Å². The fourth-order valence-corrected chi connectivity index (χ4v) is 1.99. The SMILES string of the molecule is CC(OC1CCOCC1)c1cccc(N)c1. The van der Waals surface area contributed by atoms with Crippen molar-refractivity contribution in [3.8, 4) is 0 Å². The van der Waals surface area contributed by atoms with Gasteiger partial charge in [-0.15, -0.1) is 0 Å². The molecule has 1 atom stereocenters. The fourth-order valence-electron chi connectivity index (χ4n) is 1.99. The second-order valence-corrected chi connectivity index (χ2v) is 4.26. The lowest BCUT2D eigenvalue weighted by Gasteiger charge is -2.26. The van der Waals surface area contributed by atoms with E-state index in [0.29, 0.717) is 6.10 Å². The Kier molecular flexibility index (Phi) is 3.80. The van der Waals surface area contributed by atoms with Crippen LogP contribution in [0.5, 0.6) is 0 Å². The molecule has 1 aromatic rings. The third kappa shape index (κ3) is 2.97. The first-order chi connectivity index (χ1) is 7.75. The van der Waals surface area contributed by atoms with Crippen molar-refractivity contribution in [3.63, 3.8) is 0 Å². The van der Waals surface area contributed by atoms with Crippen LogP contribution in [0.2, 0.25) is 0 Å². The fraction of sp³-hybridized carbons (Fsp3) is 0.538. The van der Waals surface area contributed by atoms with E-state index >= 15 is 0 Å². The second kappa shape index (κ2) is 5.32. The lowest BCUT2D eigenvalue weighted by molar-refractivity contribution is -0.0635. The molecule has 0 amide bonds. The van der Waals surface area contributed by atoms with Gasteiger partial charge in [-0.2, -0.15) is 0 Å². The summed E-state index contributed by atoms with van der Waals surface area (Å²) in [5, 5.41) is 0. The minimum absolute atomic E-state index is 0.103. The molecule has 1 saturated heterocycles. The molecule has 1 aromatic carbocycles. The molecule has 1 aliphatic heterocycles. The van der Waals surface area contributed by atoms with Gasteiger partial charge in [0.2, 0.25) is 0 Å². The highest BCUT2D eigenvalue weighted by molar-refractivity contribution is 5.41. The maximum atomic E-state index is 6.00. The minimum atomic E-state index is 0.103. The molecule has 88 valence electrons. The number of anilines is 1. The van der Waals surface area contributed by atoms with Crippen LogP contribution in [0.3, 0.4) is 0 Å². The Balaban J connectivity index is 1.94. The molecule has 1 heterocycles. The molecule has 0 saturated carbocycles. The van der Waals surface area contributed by atoms with Gasteiger partial charge < -0.3 is 15.2 Å². The van der Waals surface area contributed by atoms with Crippen molar-refractivity contribution in [1.82, 2.24) is 0 Å². The van der Waals surface area contributed by atoms with Gasteiger partial charge in [-0.1, -0.05) is 12.1 Å². The van der Waals surface area contributed by atoms with Crippen molar-refractivity contribution in [2.24, 2.45) is 0 Å². The van der Waals surface area contributed by atoms with E-state index in [2.05, 4.69) is 13.0 Å². The number of ether oxygens (including phenoxy) is 2. The van der Waals surface area contributed by atoms with Crippen LogP contribution < -0.4 is 5.73 Å². The highest BCUT2D eigenvalue weighted by Crippen LogP contribution is 2.23. The molecule has 0 bridgehead atoms. The van der Waals surface area contributed by atoms with Crippen molar-refractivity contribution in [3.05, 3.63) is 29.8 Å². The summed E-state index contributed by atoms with van der Waals surface area (Å²) in [6.45, 7) is 3.70. The van der Waals surface area contributed by atoms with Crippen molar-refractivity contribution >= 4 is 5.69 Å². The predicted molar refractivity (Wildman–Crippen MR) is 64.2 cm³/mol. The average Bonchev–Trinajstić information content (AvgIpc) is 2.30. The van der Waals surface area contributed by atoms with Gasteiger partial charge in [0, 0.05) is 18.9 Å². The van der Waals surface area contributed by atoms with Crippen LogP contribution in [0.15, 0.2) is 24.3 Å². The number of hydrogen-bond acceptors (Lipinski definition) is 3. The van der Waals surface area contributed by atoms with E-state index in [-0.39, 0.29) is 6.10 Å². The highest BCUT2D eigenvalue weighted by Gasteiger charge is 2.17. The molecule has 3 nitrogen and oxygen atoms in total. The van der Waals surface area contributed by atoms with Gasteiger partial charge in [0.1, 0.15) is 0 Å². The van der Waals surface area contributed by atoms with Crippen molar-refractivity contribution < 1.29 is 9.47 Å². The van der Waals surface area contributed by atoms with Gasteiger partial charge in [0.25, 0.3) is 0 Å². The molecule has 0 aliphatic carbocycles. The Morgan fingerprint density at radius 1 is 1.38 bits per heavy atom.